The molecule has 0 saturated carbocycles. The van der Waals surface area contributed by atoms with Crippen molar-refractivity contribution >= 4 is 48.9 Å². The number of nitrogens with one attached hydrogen (secondary N) is 1. The highest BCUT2D eigenvalue weighted by molar-refractivity contribution is 7.95. The zero-order valence-electron chi connectivity index (χ0n) is 15.6. The van der Waals surface area contributed by atoms with Crippen molar-refractivity contribution in [1.82, 2.24) is 0 Å². The highest BCUT2D eigenvalue weighted by Crippen LogP contribution is 2.36. The molecule has 0 radical (unpaired) electrons. The molecule has 0 fully saturated rings. The molecule has 10 heteroatoms. The van der Waals surface area contributed by atoms with Gasteiger partial charge in [0.15, 0.2) is 5.75 Å². The molecule has 9 nitrogen and oxygen atoms in total. The van der Waals surface area contributed by atoms with Crippen LogP contribution in [0.15, 0.2) is 65.8 Å². The number of hydrazone groups is 1. The molecule has 0 atom stereocenters. The quantitative estimate of drug-likeness (QED) is 0.275. The molecule has 4 rings (SSSR count). The Hall–Kier alpha value is -4.02. The van der Waals surface area contributed by atoms with Crippen LogP contribution in [-0.2, 0) is 14.9 Å². The maximum Gasteiger partial charge on any atom is 0.339 e. The van der Waals surface area contributed by atoms with Crippen molar-refractivity contribution in [1.29, 1.82) is 0 Å². The molecule has 0 saturated heterocycles. The second-order valence-electron chi connectivity index (χ2n) is 6.64. The molecule has 1 aliphatic carbocycles. The van der Waals surface area contributed by atoms with Crippen LogP contribution in [0.1, 0.15) is 21.5 Å². The molecular weight excluding hydrogens is 424 g/mol. The minimum absolute atomic E-state index is 0.0298. The van der Waals surface area contributed by atoms with Crippen LogP contribution in [0.4, 0.5) is 5.69 Å². The molecule has 31 heavy (non-hydrogen) atoms. The molecule has 0 bridgehead atoms. The molecule has 1 aliphatic rings. The average molecular weight is 438 g/mol. The summed E-state index contributed by atoms with van der Waals surface area (Å²) in [4.78, 5) is 23.5. The summed E-state index contributed by atoms with van der Waals surface area (Å²) >= 11 is 0. The lowest BCUT2D eigenvalue weighted by Gasteiger charge is -2.17. The minimum Gasteiger partial charge on any atom is -0.505 e. The third kappa shape index (κ3) is 3.54. The van der Waals surface area contributed by atoms with E-state index in [1.54, 1.807) is 30.3 Å². The smallest absolute Gasteiger partial charge is 0.339 e. The van der Waals surface area contributed by atoms with E-state index in [9.17, 15) is 32.8 Å². The van der Waals surface area contributed by atoms with Crippen molar-refractivity contribution in [3.05, 3.63) is 77.4 Å². The second kappa shape index (κ2) is 7.35. The summed E-state index contributed by atoms with van der Waals surface area (Å²) in [7, 11) is -4.65. The van der Waals surface area contributed by atoms with Crippen molar-refractivity contribution in [2.45, 2.75) is 0 Å². The van der Waals surface area contributed by atoms with Gasteiger partial charge >= 0.3 is 5.97 Å². The SMILES string of the molecule is O=C1C=C(S(=O)(=O)O)c2ccccc2/C1=N/Nc1c(O)c(C(=O)O)cc2ccccc12. The van der Waals surface area contributed by atoms with E-state index < -0.39 is 32.5 Å². The second-order valence-corrected chi connectivity index (χ2v) is 8.03. The highest BCUT2D eigenvalue weighted by Gasteiger charge is 2.30. The Bertz CT molecular complexity index is 1440. The van der Waals surface area contributed by atoms with Crippen molar-refractivity contribution in [3.8, 4) is 5.75 Å². The van der Waals surface area contributed by atoms with Gasteiger partial charge in [0.05, 0.1) is 0 Å². The van der Waals surface area contributed by atoms with Crippen LogP contribution in [-0.4, -0.2) is 40.6 Å². The van der Waals surface area contributed by atoms with E-state index in [-0.39, 0.29) is 28.1 Å². The Morgan fingerprint density at radius 2 is 1.65 bits per heavy atom. The van der Waals surface area contributed by atoms with E-state index in [0.717, 1.165) is 6.08 Å². The Morgan fingerprint density at radius 3 is 2.32 bits per heavy atom. The summed E-state index contributed by atoms with van der Waals surface area (Å²) in [6, 6.07) is 13.9. The predicted molar refractivity (Wildman–Crippen MR) is 114 cm³/mol. The van der Waals surface area contributed by atoms with Gasteiger partial charge < -0.3 is 10.2 Å². The standard InChI is InChI=1S/C21H14N2O7S/c24-16-10-17(31(28,29)30)13-7-3-4-8-14(13)18(16)22-23-19-12-6-2-1-5-11(12)9-15(20(19)25)21(26)27/h1-10,23,25H,(H,26,27)(H,28,29,30)/b22-18-. The molecule has 0 aliphatic heterocycles. The number of hydrogen-bond donors (Lipinski definition) is 4. The maximum atomic E-state index is 12.6. The first kappa shape index (κ1) is 20.3. The number of carboxylic acid groups (broad SMARTS) is 1. The lowest BCUT2D eigenvalue weighted by atomic mass is 9.94. The van der Waals surface area contributed by atoms with Crippen LogP contribution in [0.3, 0.4) is 0 Å². The number of benzene rings is 3. The minimum atomic E-state index is -4.65. The molecule has 0 heterocycles. The Labute approximate surface area is 175 Å². The van der Waals surface area contributed by atoms with Gasteiger partial charge in [0.2, 0.25) is 5.78 Å². The van der Waals surface area contributed by atoms with Crippen molar-refractivity contribution in [2.75, 3.05) is 5.43 Å². The first-order valence-corrected chi connectivity index (χ1v) is 10.3. The number of anilines is 1. The van der Waals surface area contributed by atoms with Gasteiger partial charge in [-0.15, -0.1) is 0 Å². The number of rotatable bonds is 4. The van der Waals surface area contributed by atoms with Gasteiger partial charge in [-0.3, -0.25) is 14.8 Å². The lowest BCUT2D eigenvalue weighted by Crippen LogP contribution is -2.23. The highest BCUT2D eigenvalue weighted by atomic mass is 32.2. The van der Waals surface area contributed by atoms with E-state index >= 15 is 0 Å². The van der Waals surface area contributed by atoms with Crippen LogP contribution in [0.5, 0.6) is 5.75 Å². The molecule has 3 aromatic carbocycles. The fourth-order valence-corrected chi connectivity index (χ4v) is 4.07. The monoisotopic (exact) mass is 438 g/mol. The number of carbonyl (C=O) groups excluding carboxylic acids is 1. The molecule has 3 aromatic rings. The summed E-state index contributed by atoms with van der Waals surface area (Å²) in [5.41, 5.74) is 2.23. The number of ketones is 1. The largest absolute Gasteiger partial charge is 0.505 e. The molecule has 0 unspecified atom stereocenters. The van der Waals surface area contributed by atoms with Crippen LogP contribution in [0.25, 0.3) is 15.7 Å². The van der Waals surface area contributed by atoms with Crippen LogP contribution in [0, 0.1) is 0 Å². The number of allylic oxidation sites excluding steroid dienone is 1. The Balaban J connectivity index is 1.88. The number of aromatic carboxylic acids is 1. The normalized spacial score (nSPS) is 14.9. The summed E-state index contributed by atoms with van der Waals surface area (Å²) in [5, 5.41) is 24.9. The van der Waals surface area contributed by atoms with Gasteiger partial charge in [0.25, 0.3) is 10.1 Å². The summed E-state index contributed by atoms with van der Waals surface area (Å²) < 4.78 is 32.8. The molecule has 156 valence electrons. The van der Waals surface area contributed by atoms with Crippen molar-refractivity contribution in [3.63, 3.8) is 0 Å². The van der Waals surface area contributed by atoms with Gasteiger partial charge in [0.1, 0.15) is 21.9 Å². The average Bonchev–Trinajstić information content (AvgIpc) is 2.72. The molecule has 4 N–H and O–H groups in total. The van der Waals surface area contributed by atoms with Gasteiger partial charge in [-0.1, -0.05) is 48.5 Å². The molecule has 0 spiro atoms. The number of carboxylic acids is 1. The van der Waals surface area contributed by atoms with E-state index in [4.69, 9.17) is 0 Å². The molecule has 0 amide bonds. The fraction of sp³-hybridized carbons (Fsp3) is 0. The van der Waals surface area contributed by atoms with Gasteiger partial charge in [-0.25, -0.2) is 4.79 Å². The van der Waals surface area contributed by atoms with E-state index in [1.165, 1.54) is 24.3 Å². The fourth-order valence-electron chi connectivity index (χ4n) is 3.36. The van der Waals surface area contributed by atoms with Gasteiger partial charge in [0, 0.05) is 22.6 Å². The summed E-state index contributed by atoms with van der Waals surface area (Å²) in [5.74, 6) is -2.71. The summed E-state index contributed by atoms with van der Waals surface area (Å²) in [6.07, 6.45) is 0.754. The van der Waals surface area contributed by atoms with Gasteiger partial charge in [-0.2, -0.15) is 13.5 Å². The van der Waals surface area contributed by atoms with E-state index in [2.05, 4.69) is 10.5 Å². The Kier molecular flexibility index (Phi) is 4.80. The first-order valence-electron chi connectivity index (χ1n) is 8.83. The predicted octanol–water partition coefficient (Wildman–Crippen LogP) is 2.87. The Morgan fingerprint density at radius 1 is 1.00 bits per heavy atom. The first-order chi connectivity index (χ1) is 14.7. The number of fused-ring (bicyclic) bond motifs is 2. The zero-order valence-corrected chi connectivity index (χ0v) is 16.4. The number of aromatic hydroxyl groups is 1. The third-order valence-corrected chi connectivity index (χ3v) is 5.65. The van der Waals surface area contributed by atoms with Crippen LogP contribution < -0.4 is 5.43 Å². The molecular formula is C21H14N2O7S. The van der Waals surface area contributed by atoms with Gasteiger partial charge in [-0.05, 0) is 11.5 Å². The van der Waals surface area contributed by atoms with E-state index in [0.29, 0.717) is 10.8 Å². The van der Waals surface area contributed by atoms with E-state index in [1.807, 2.05) is 0 Å². The topological polar surface area (TPSA) is 153 Å². The maximum absolute atomic E-state index is 12.6. The third-order valence-electron chi connectivity index (χ3n) is 4.75. The number of hydrogen-bond acceptors (Lipinski definition) is 7. The van der Waals surface area contributed by atoms with Crippen LogP contribution >= 0.6 is 0 Å². The number of phenols is 1. The lowest BCUT2D eigenvalue weighted by molar-refractivity contribution is -0.108. The zero-order chi connectivity index (χ0) is 22.3. The van der Waals surface area contributed by atoms with Crippen molar-refractivity contribution < 1.29 is 32.8 Å². The summed E-state index contributed by atoms with van der Waals surface area (Å²) in [6.45, 7) is 0. The van der Waals surface area contributed by atoms with Crippen molar-refractivity contribution in [2.24, 2.45) is 5.10 Å². The van der Waals surface area contributed by atoms with Crippen LogP contribution in [0.2, 0.25) is 0 Å². The number of carbonyl (C=O) groups is 2. The number of nitrogens with zero attached hydrogens (tertiary/aromatic N) is 1. The molecule has 0 aromatic heterocycles.